The van der Waals surface area contributed by atoms with E-state index in [1.54, 1.807) is 7.11 Å². The van der Waals surface area contributed by atoms with Crippen molar-refractivity contribution in [1.29, 1.82) is 0 Å². The van der Waals surface area contributed by atoms with Crippen LogP contribution < -0.4 is 5.73 Å². The van der Waals surface area contributed by atoms with Gasteiger partial charge in [-0.2, -0.15) is 0 Å². The van der Waals surface area contributed by atoms with Crippen LogP contribution in [-0.2, 0) is 16.8 Å². The summed E-state index contributed by atoms with van der Waals surface area (Å²) in [6.07, 6.45) is 6.16. The molecular formula is C13H21NO2. The Labute approximate surface area is 97.0 Å². The molecule has 0 unspecified atom stereocenters. The molecular weight excluding hydrogens is 202 g/mol. The van der Waals surface area contributed by atoms with E-state index in [1.165, 1.54) is 19.3 Å². The zero-order valence-electron chi connectivity index (χ0n) is 10.00. The normalized spacial score (nSPS) is 19.9. The van der Waals surface area contributed by atoms with Gasteiger partial charge in [-0.1, -0.05) is 19.3 Å². The molecule has 1 heterocycles. The molecule has 1 saturated carbocycles. The fourth-order valence-electron chi connectivity index (χ4n) is 2.66. The lowest BCUT2D eigenvalue weighted by Gasteiger charge is -2.34. The molecule has 0 saturated heterocycles. The fourth-order valence-corrected chi connectivity index (χ4v) is 2.66. The Kier molecular flexibility index (Phi) is 3.66. The van der Waals surface area contributed by atoms with E-state index in [-0.39, 0.29) is 5.41 Å². The van der Waals surface area contributed by atoms with Crippen molar-refractivity contribution in [2.75, 3.05) is 13.7 Å². The highest BCUT2D eigenvalue weighted by Crippen LogP contribution is 2.39. The zero-order chi connectivity index (χ0) is 11.4. The van der Waals surface area contributed by atoms with Gasteiger partial charge in [-0.15, -0.1) is 0 Å². The van der Waals surface area contributed by atoms with Gasteiger partial charge in [0.1, 0.15) is 18.1 Å². The molecule has 90 valence electrons. The number of furan rings is 1. The van der Waals surface area contributed by atoms with E-state index in [4.69, 9.17) is 14.9 Å². The topological polar surface area (TPSA) is 48.4 Å². The third-order valence-corrected chi connectivity index (χ3v) is 3.67. The average Bonchev–Trinajstić information content (AvgIpc) is 2.80. The molecule has 1 aromatic rings. The number of nitrogens with two attached hydrogens (primary N) is 1. The van der Waals surface area contributed by atoms with Crippen LogP contribution in [0.25, 0.3) is 0 Å². The van der Waals surface area contributed by atoms with Crippen molar-refractivity contribution in [2.45, 2.75) is 44.1 Å². The molecule has 1 fully saturated rings. The highest BCUT2D eigenvalue weighted by molar-refractivity contribution is 5.18. The van der Waals surface area contributed by atoms with Gasteiger partial charge in [0, 0.05) is 19.1 Å². The van der Waals surface area contributed by atoms with Crippen molar-refractivity contribution in [3.05, 3.63) is 23.7 Å². The van der Waals surface area contributed by atoms with Crippen LogP contribution in [0.4, 0.5) is 0 Å². The van der Waals surface area contributed by atoms with Gasteiger partial charge < -0.3 is 14.9 Å². The maximum atomic E-state index is 5.96. The van der Waals surface area contributed by atoms with Gasteiger partial charge in [-0.3, -0.25) is 0 Å². The summed E-state index contributed by atoms with van der Waals surface area (Å²) < 4.78 is 10.9. The quantitative estimate of drug-likeness (QED) is 0.853. The minimum atomic E-state index is 0.0875. The molecule has 0 bridgehead atoms. The Morgan fingerprint density at radius 1 is 1.31 bits per heavy atom. The molecule has 2 N–H and O–H groups in total. The molecule has 0 atom stereocenters. The molecule has 0 amide bonds. The summed E-state index contributed by atoms with van der Waals surface area (Å²) in [6, 6.07) is 4.08. The van der Waals surface area contributed by atoms with Crippen LogP contribution in [0.2, 0.25) is 0 Å². The van der Waals surface area contributed by atoms with E-state index in [0.29, 0.717) is 13.2 Å². The van der Waals surface area contributed by atoms with Gasteiger partial charge in [0.15, 0.2) is 0 Å². The van der Waals surface area contributed by atoms with E-state index >= 15 is 0 Å². The Balaban J connectivity index is 2.18. The smallest absolute Gasteiger partial charge is 0.129 e. The molecule has 3 heteroatoms. The average molecular weight is 223 g/mol. The SMILES string of the molecule is COCc1ccc(C2(CN)CCCCC2)o1. The van der Waals surface area contributed by atoms with Gasteiger partial charge in [0.25, 0.3) is 0 Å². The molecule has 1 aromatic heterocycles. The summed E-state index contributed by atoms with van der Waals surface area (Å²) in [5.41, 5.74) is 6.05. The summed E-state index contributed by atoms with van der Waals surface area (Å²) in [7, 11) is 1.68. The molecule has 0 spiro atoms. The summed E-state index contributed by atoms with van der Waals surface area (Å²) >= 11 is 0. The Morgan fingerprint density at radius 3 is 2.69 bits per heavy atom. The van der Waals surface area contributed by atoms with E-state index in [9.17, 15) is 0 Å². The standard InChI is InChI=1S/C13H21NO2/c1-15-9-11-5-6-12(16-11)13(10-14)7-3-2-4-8-13/h5-6H,2-4,7-10,14H2,1H3. The maximum Gasteiger partial charge on any atom is 0.129 e. The molecule has 3 nitrogen and oxygen atoms in total. The van der Waals surface area contributed by atoms with Crippen molar-refractivity contribution < 1.29 is 9.15 Å². The first-order valence-corrected chi connectivity index (χ1v) is 6.09. The highest BCUT2D eigenvalue weighted by atomic mass is 16.5. The van der Waals surface area contributed by atoms with Crippen LogP contribution in [0, 0.1) is 0 Å². The fraction of sp³-hybridized carbons (Fsp3) is 0.692. The summed E-state index contributed by atoms with van der Waals surface area (Å²) in [5.74, 6) is 1.96. The Hall–Kier alpha value is -0.800. The van der Waals surface area contributed by atoms with Crippen LogP contribution in [0.3, 0.4) is 0 Å². The summed E-state index contributed by atoms with van der Waals surface area (Å²) in [6.45, 7) is 1.23. The third kappa shape index (κ3) is 2.15. The predicted octanol–water partition coefficient (Wildman–Crippen LogP) is 2.59. The monoisotopic (exact) mass is 223 g/mol. The van der Waals surface area contributed by atoms with Crippen molar-refractivity contribution in [1.82, 2.24) is 0 Å². The first-order chi connectivity index (χ1) is 7.80. The predicted molar refractivity (Wildman–Crippen MR) is 63.2 cm³/mol. The van der Waals surface area contributed by atoms with Crippen molar-refractivity contribution in [3.63, 3.8) is 0 Å². The van der Waals surface area contributed by atoms with E-state index in [2.05, 4.69) is 6.07 Å². The zero-order valence-corrected chi connectivity index (χ0v) is 10.00. The minimum Gasteiger partial charge on any atom is -0.463 e. The first-order valence-electron chi connectivity index (χ1n) is 6.09. The Morgan fingerprint density at radius 2 is 2.06 bits per heavy atom. The summed E-state index contributed by atoms with van der Waals surface area (Å²) in [4.78, 5) is 0. The molecule has 1 aliphatic carbocycles. The van der Waals surface area contributed by atoms with Crippen LogP contribution >= 0.6 is 0 Å². The summed E-state index contributed by atoms with van der Waals surface area (Å²) in [5, 5.41) is 0. The lowest BCUT2D eigenvalue weighted by Crippen LogP contribution is -2.36. The Bertz CT molecular complexity index is 326. The minimum absolute atomic E-state index is 0.0875. The molecule has 0 aromatic carbocycles. The number of rotatable bonds is 4. The lowest BCUT2D eigenvalue weighted by atomic mass is 9.72. The lowest BCUT2D eigenvalue weighted by molar-refractivity contribution is 0.156. The van der Waals surface area contributed by atoms with Crippen molar-refractivity contribution in [2.24, 2.45) is 5.73 Å². The molecule has 2 rings (SSSR count). The third-order valence-electron chi connectivity index (χ3n) is 3.67. The molecule has 16 heavy (non-hydrogen) atoms. The van der Waals surface area contributed by atoms with Gasteiger partial charge in [0.2, 0.25) is 0 Å². The first kappa shape index (κ1) is 11.7. The van der Waals surface area contributed by atoms with E-state index in [1.807, 2.05) is 6.07 Å². The number of methoxy groups -OCH3 is 1. The van der Waals surface area contributed by atoms with Gasteiger partial charge >= 0.3 is 0 Å². The largest absolute Gasteiger partial charge is 0.463 e. The van der Waals surface area contributed by atoms with Crippen LogP contribution in [0.15, 0.2) is 16.5 Å². The van der Waals surface area contributed by atoms with Crippen molar-refractivity contribution >= 4 is 0 Å². The van der Waals surface area contributed by atoms with Gasteiger partial charge in [-0.25, -0.2) is 0 Å². The van der Waals surface area contributed by atoms with Gasteiger partial charge in [-0.05, 0) is 25.0 Å². The number of hydrogen-bond acceptors (Lipinski definition) is 3. The number of hydrogen-bond donors (Lipinski definition) is 1. The van der Waals surface area contributed by atoms with Crippen LogP contribution in [0.1, 0.15) is 43.6 Å². The molecule has 1 aliphatic rings. The second kappa shape index (κ2) is 5.02. The van der Waals surface area contributed by atoms with Crippen molar-refractivity contribution in [3.8, 4) is 0 Å². The van der Waals surface area contributed by atoms with Gasteiger partial charge in [0.05, 0.1) is 0 Å². The van der Waals surface area contributed by atoms with Crippen LogP contribution in [-0.4, -0.2) is 13.7 Å². The van der Waals surface area contributed by atoms with Crippen LogP contribution in [0.5, 0.6) is 0 Å². The molecule has 0 radical (unpaired) electrons. The number of ether oxygens (including phenoxy) is 1. The second-order valence-corrected chi connectivity index (χ2v) is 4.74. The second-order valence-electron chi connectivity index (χ2n) is 4.74. The maximum absolute atomic E-state index is 5.96. The highest BCUT2D eigenvalue weighted by Gasteiger charge is 2.35. The van der Waals surface area contributed by atoms with E-state index in [0.717, 1.165) is 24.4 Å². The molecule has 0 aliphatic heterocycles. The van der Waals surface area contributed by atoms with E-state index < -0.39 is 0 Å².